The van der Waals surface area contributed by atoms with E-state index in [9.17, 15) is 14.9 Å². The molecule has 8 nitrogen and oxygen atoms in total. The molecule has 3 rings (SSSR count). The van der Waals surface area contributed by atoms with Gasteiger partial charge >= 0.3 is 0 Å². The molecule has 1 aromatic rings. The normalized spacial score (nSPS) is 22.4. The van der Waals surface area contributed by atoms with Gasteiger partial charge in [0.15, 0.2) is 0 Å². The van der Waals surface area contributed by atoms with Crippen molar-refractivity contribution in [3.63, 3.8) is 0 Å². The average Bonchev–Trinajstić information content (AvgIpc) is 3.19. The number of nitro groups is 1. The van der Waals surface area contributed by atoms with Crippen LogP contribution in [0, 0.1) is 16.0 Å². The fraction of sp³-hybridized carbons (Fsp3) is 0.571. The van der Waals surface area contributed by atoms with Crippen LogP contribution >= 0.6 is 24.8 Å². The Hall–Kier alpha value is -1.64. The number of nitrogens with zero attached hydrogens (tertiary/aromatic N) is 3. The van der Waals surface area contributed by atoms with Gasteiger partial charge in [-0.05, 0) is 25.5 Å². The van der Waals surface area contributed by atoms with Crippen LogP contribution in [-0.4, -0.2) is 52.9 Å². The number of nitrogens with one attached hydrogen (secondary N) is 2. The number of amides is 1. The minimum absolute atomic E-state index is 0. The number of aromatic nitrogens is 1. The summed E-state index contributed by atoms with van der Waals surface area (Å²) in [6, 6.07) is 3.17. The maximum Gasteiger partial charge on any atom is 0.287 e. The molecule has 2 fully saturated rings. The van der Waals surface area contributed by atoms with Crippen molar-refractivity contribution in [3.8, 4) is 0 Å². The second kappa shape index (κ2) is 9.00. The number of pyridine rings is 1. The van der Waals surface area contributed by atoms with Crippen LogP contribution < -0.4 is 10.6 Å². The molecule has 0 aliphatic carbocycles. The lowest BCUT2D eigenvalue weighted by Gasteiger charge is -2.20. The standard InChI is InChI=1S/C14H19N5O3.2ClH/c20-14(10-3-5-15-7-10)18-6-4-11(9-18)17-13-2-1-12(8-16-13)19(21)22;;/h1-2,8,10-11,15H,3-7,9H2,(H,16,17);2*1H. The van der Waals surface area contributed by atoms with Crippen LogP contribution in [-0.2, 0) is 4.79 Å². The van der Waals surface area contributed by atoms with Gasteiger partial charge in [0.1, 0.15) is 12.0 Å². The number of hydrogen-bond donors (Lipinski definition) is 2. The molecule has 2 atom stereocenters. The maximum atomic E-state index is 12.3. The maximum absolute atomic E-state index is 12.3. The van der Waals surface area contributed by atoms with Gasteiger partial charge in [-0.2, -0.15) is 0 Å². The van der Waals surface area contributed by atoms with Gasteiger partial charge in [0, 0.05) is 31.7 Å². The number of halogens is 2. The summed E-state index contributed by atoms with van der Waals surface area (Å²) in [5.41, 5.74) is -0.0255. The zero-order valence-electron chi connectivity index (χ0n) is 13.0. The minimum atomic E-state index is -0.470. The zero-order valence-corrected chi connectivity index (χ0v) is 14.6. The van der Waals surface area contributed by atoms with Gasteiger partial charge in [-0.1, -0.05) is 0 Å². The molecule has 2 N–H and O–H groups in total. The van der Waals surface area contributed by atoms with Gasteiger partial charge in [0.2, 0.25) is 5.91 Å². The molecule has 0 spiro atoms. The molecule has 1 amide bonds. The van der Waals surface area contributed by atoms with Crippen LogP contribution in [0.2, 0.25) is 0 Å². The summed E-state index contributed by atoms with van der Waals surface area (Å²) in [7, 11) is 0. The van der Waals surface area contributed by atoms with Gasteiger partial charge in [0.05, 0.1) is 10.8 Å². The Labute approximate surface area is 152 Å². The van der Waals surface area contributed by atoms with Gasteiger partial charge in [-0.15, -0.1) is 24.8 Å². The van der Waals surface area contributed by atoms with Gasteiger partial charge in [0.25, 0.3) is 5.69 Å². The van der Waals surface area contributed by atoms with E-state index in [0.29, 0.717) is 12.4 Å². The number of carbonyl (C=O) groups excluding carboxylic acids is 1. The van der Waals surface area contributed by atoms with E-state index in [2.05, 4.69) is 15.6 Å². The van der Waals surface area contributed by atoms with Crippen molar-refractivity contribution in [2.75, 3.05) is 31.5 Å². The van der Waals surface area contributed by atoms with E-state index < -0.39 is 4.92 Å². The van der Waals surface area contributed by atoms with Crippen LogP contribution in [0.1, 0.15) is 12.8 Å². The lowest BCUT2D eigenvalue weighted by Crippen LogP contribution is -2.36. The number of likely N-dealkylation sites (tertiary alicyclic amines) is 1. The SMILES string of the molecule is Cl.Cl.O=C(C1CCNC1)N1CCC(Nc2ccc([N+](=O)[O-])cn2)C1. The Kier molecular flexibility index (Phi) is 7.65. The van der Waals surface area contributed by atoms with Crippen molar-refractivity contribution in [1.29, 1.82) is 0 Å². The van der Waals surface area contributed by atoms with Crippen molar-refractivity contribution in [2.24, 2.45) is 5.92 Å². The Balaban J connectivity index is 0.00000144. The number of carbonyl (C=O) groups is 1. The number of anilines is 1. The molecule has 2 saturated heterocycles. The lowest BCUT2D eigenvalue weighted by molar-refractivity contribution is -0.385. The largest absolute Gasteiger partial charge is 0.365 e. The third-order valence-electron chi connectivity index (χ3n) is 4.22. The first kappa shape index (κ1) is 20.4. The molecule has 0 bridgehead atoms. The zero-order chi connectivity index (χ0) is 15.5. The topological polar surface area (TPSA) is 100 Å². The summed E-state index contributed by atoms with van der Waals surface area (Å²) in [6.07, 6.45) is 3.02. The average molecular weight is 378 g/mol. The lowest BCUT2D eigenvalue weighted by atomic mass is 10.1. The molecule has 2 aliphatic rings. The third kappa shape index (κ3) is 4.68. The quantitative estimate of drug-likeness (QED) is 0.608. The molecule has 10 heteroatoms. The molecule has 0 saturated carbocycles. The smallest absolute Gasteiger partial charge is 0.287 e. The van der Waals surface area contributed by atoms with E-state index in [-0.39, 0.29) is 48.4 Å². The van der Waals surface area contributed by atoms with Gasteiger partial charge < -0.3 is 15.5 Å². The predicted molar refractivity (Wildman–Crippen MR) is 95.0 cm³/mol. The predicted octanol–water partition coefficient (Wildman–Crippen LogP) is 1.46. The summed E-state index contributed by atoms with van der Waals surface area (Å²) in [5, 5.41) is 17.0. The molecule has 2 unspecified atom stereocenters. The van der Waals surface area contributed by atoms with Crippen LogP contribution in [0.15, 0.2) is 18.3 Å². The molecule has 3 heterocycles. The molecular formula is C14H21Cl2N5O3. The summed E-state index contributed by atoms with van der Waals surface area (Å²) >= 11 is 0. The van der Waals surface area contributed by atoms with E-state index in [1.165, 1.54) is 12.3 Å². The Bertz CT molecular complexity index is 566. The first-order chi connectivity index (χ1) is 10.6. The van der Waals surface area contributed by atoms with Crippen molar-refractivity contribution in [1.82, 2.24) is 15.2 Å². The van der Waals surface area contributed by atoms with Crippen molar-refractivity contribution >= 4 is 42.2 Å². The monoisotopic (exact) mass is 377 g/mol. The second-order valence-electron chi connectivity index (χ2n) is 5.76. The van der Waals surface area contributed by atoms with E-state index in [0.717, 1.165) is 32.5 Å². The molecule has 2 aliphatic heterocycles. The van der Waals surface area contributed by atoms with Gasteiger partial charge in [-0.3, -0.25) is 14.9 Å². The molecule has 24 heavy (non-hydrogen) atoms. The summed E-state index contributed by atoms with van der Waals surface area (Å²) in [6.45, 7) is 3.10. The van der Waals surface area contributed by atoms with E-state index in [1.807, 2.05) is 4.90 Å². The van der Waals surface area contributed by atoms with Crippen LogP contribution in [0.3, 0.4) is 0 Å². The van der Waals surface area contributed by atoms with Crippen molar-refractivity contribution < 1.29 is 9.72 Å². The first-order valence-corrected chi connectivity index (χ1v) is 7.50. The highest BCUT2D eigenvalue weighted by molar-refractivity contribution is 5.85. The summed E-state index contributed by atoms with van der Waals surface area (Å²) < 4.78 is 0. The summed E-state index contributed by atoms with van der Waals surface area (Å²) in [4.78, 5) is 28.4. The van der Waals surface area contributed by atoms with Crippen molar-refractivity contribution in [3.05, 3.63) is 28.4 Å². The highest BCUT2D eigenvalue weighted by Crippen LogP contribution is 2.20. The molecular weight excluding hydrogens is 357 g/mol. The number of rotatable bonds is 4. The third-order valence-corrected chi connectivity index (χ3v) is 4.22. The Morgan fingerprint density at radius 2 is 2.17 bits per heavy atom. The second-order valence-corrected chi connectivity index (χ2v) is 5.76. The highest BCUT2D eigenvalue weighted by Gasteiger charge is 2.32. The fourth-order valence-electron chi connectivity index (χ4n) is 2.99. The van der Waals surface area contributed by atoms with Crippen LogP contribution in [0.25, 0.3) is 0 Å². The van der Waals surface area contributed by atoms with Crippen molar-refractivity contribution in [2.45, 2.75) is 18.9 Å². The highest BCUT2D eigenvalue weighted by atomic mass is 35.5. The molecule has 134 valence electrons. The van der Waals surface area contributed by atoms with Crippen LogP contribution in [0.5, 0.6) is 0 Å². The van der Waals surface area contributed by atoms with E-state index in [4.69, 9.17) is 0 Å². The van der Waals surface area contributed by atoms with Crippen LogP contribution in [0.4, 0.5) is 11.5 Å². The minimum Gasteiger partial charge on any atom is -0.365 e. The molecule has 0 radical (unpaired) electrons. The molecule has 1 aromatic heterocycles. The Morgan fingerprint density at radius 3 is 2.75 bits per heavy atom. The molecule has 0 aromatic carbocycles. The van der Waals surface area contributed by atoms with E-state index >= 15 is 0 Å². The van der Waals surface area contributed by atoms with E-state index in [1.54, 1.807) is 6.07 Å². The van der Waals surface area contributed by atoms with Gasteiger partial charge in [-0.25, -0.2) is 4.98 Å². The summed E-state index contributed by atoms with van der Waals surface area (Å²) in [5.74, 6) is 0.939. The Morgan fingerprint density at radius 1 is 1.38 bits per heavy atom. The first-order valence-electron chi connectivity index (χ1n) is 7.50. The number of hydrogen-bond acceptors (Lipinski definition) is 6. The fourth-order valence-corrected chi connectivity index (χ4v) is 2.99.